The summed E-state index contributed by atoms with van der Waals surface area (Å²) in [5.74, 6) is 0. The highest BCUT2D eigenvalue weighted by Gasteiger charge is 2.25. The zero-order valence-corrected chi connectivity index (χ0v) is 12.1. The molecule has 2 atom stereocenters. The molecule has 1 saturated carbocycles. The third-order valence-corrected chi connectivity index (χ3v) is 3.41. The van der Waals surface area contributed by atoms with Gasteiger partial charge in [-0.3, -0.25) is 4.55 Å². The molecule has 0 saturated heterocycles. The quantitative estimate of drug-likeness (QED) is 0.567. The normalized spacial score (nSPS) is 24.2. The number of rotatable bonds is 0. The van der Waals surface area contributed by atoms with E-state index in [0.29, 0.717) is 12.3 Å². The molecule has 0 radical (unpaired) electrons. The molecule has 0 aromatic heterocycles. The highest BCUT2D eigenvalue weighted by Crippen LogP contribution is 2.24. The van der Waals surface area contributed by atoms with Crippen LogP contribution in [0.15, 0.2) is 24.3 Å². The van der Waals surface area contributed by atoms with Gasteiger partial charge in [0.15, 0.2) is 0 Å². The van der Waals surface area contributed by atoms with Crippen molar-refractivity contribution >= 4 is 21.9 Å². The Morgan fingerprint density at radius 2 is 1.90 bits per heavy atom. The minimum Gasteiger partial charge on any atom is -0.393 e. The molecule has 2 unspecified atom stereocenters. The van der Waals surface area contributed by atoms with E-state index in [1.165, 1.54) is 16.0 Å². The second-order valence-electron chi connectivity index (χ2n) is 5.14. The van der Waals surface area contributed by atoms with Gasteiger partial charge in [0.1, 0.15) is 0 Å². The molecule has 1 aliphatic heterocycles. The summed E-state index contributed by atoms with van der Waals surface area (Å²) in [5, 5.41) is 15.7. The van der Waals surface area contributed by atoms with Gasteiger partial charge < -0.3 is 10.4 Å². The van der Waals surface area contributed by atoms with Crippen LogP contribution in [0.4, 0.5) is 0 Å². The molecule has 0 amide bonds. The highest BCUT2D eigenvalue weighted by molar-refractivity contribution is 7.85. The van der Waals surface area contributed by atoms with Gasteiger partial charge in [-0.25, -0.2) is 0 Å². The van der Waals surface area contributed by atoms with Crippen LogP contribution < -0.4 is 15.8 Å². The molecule has 1 aromatic rings. The van der Waals surface area contributed by atoms with E-state index >= 15 is 0 Å². The lowest BCUT2D eigenvalue weighted by Gasteiger charge is -2.31. The SMILES string of the molecule is CS(=O)(=O)O.OC1CCC2NC=c3ccccc3=C2C1. The minimum absolute atomic E-state index is 0.149. The lowest BCUT2D eigenvalue weighted by molar-refractivity contribution is 0.152. The lowest BCUT2D eigenvalue weighted by atomic mass is 9.85. The number of nitrogens with one attached hydrogen (secondary N) is 1. The van der Waals surface area contributed by atoms with E-state index in [2.05, 4.69) is 35.8 Å². The van der Waals surface area contributed by atoms with E-state index in [-0.39, 0.29) is 6.10 Å². The van der Waals surface area contributed by atoms with Gasteiger partial charge >= 0.3 is 0 Å². The molecule has 3 rings (SSSR count). The molecule has 1 aromatic carbocycles. The summed E-state index contributed by atoms with van der Waals surface area (Å²) in [4.78, 5) is 0. The Morgan fingerprint density at radius 3 is 2.60 bits per heavy atom. The van der Waals surface area contributed by atoms with Crippen LogP contribution in [0.5, 0.6) is 0 Å². The average molecular weight is 297 g/mol. The fraction of sp³-hybridized carbons (Fsp3) is 0.429. The first-order chi connectivity index (χ1) is 9.34. The summed E-state index contributed by atoms with van der Waals surface area (Å²) in [6.45, 7) is 0. The van der Waals surface area contributed by atoms with Crippen molar-refractivity contribution in [1.82, 2.24) is 5.32 Å². The second-order valence-corrected chi connectivity index (χ2v) is 6.61. The molecule has 0 spiro atoms. The summed E-state index contributed by atoms with van der Waals surface area (Å²) in [5.41, 5.74) is 1.38. The molecule has 1 fully saturated rings. The van der Waals surface area contributed by atoms with Crippen LogP contribution in [0.2, 0.25) is 0 Å². The van der Waals surface area contributed by atoms with Gasteiger partial charge in [0.05, 0.1) is 12.4 Å². The molecule has 1 aliphatic carbocycles. The highest BCUT2D eigenvalue weighted by atomic mass is 32.2. The Hall–Kier alpha value is -1.37. The third kappa shape index (κ3) is 4.06. The van der Waals surface area contributed by atoms with Crippen molar-refractivity contribution in [3.8, 4) is 0 Å². The van der Waals surface area contributed by atoms with Crippen LogP contribution in [-0.4, -0.2) is 36.5 Å². The molecule has 20 heavy (non-hydrogen) atoms. The number of fused-ring (bicyclic) bond motifs is 2. The van der Waals surface area contributed by atoms with Crippen molar-refractivity contribution in [2.24, 2.45) is 0 Å². The lowest BCUT2D eigenvalue weighted by Crippen LogP contribution is -2.45. The predicted molar refractivity (Wildman–Crippen MR) is 77.8 cm³/mol. The van der Waals surface area contributed by atoms with Gasteiger partial charge in [-0.15, -0.1) is 0 Å². The van der Waals surface area contributed by atoms with Crippen molar-refractivity contribution in [1.29, 1.82) is 0 Å². The Balaban J connectivity index is 0.000000257. The van der Waals surface area contributed by atoms with Gasteiger partial charge in [-0.2, -0.15) is 8.42 Å². The zero-order chi connectivity index (χ0) is 14.8. The fourth-order valence-corrected chi connectivity index (χ4v) is 2.62. The molecular weight excluding hydrogens is 278 g/mol. The molecule has 3 N–H and O–H groups in total. The maximum absolute atomic E-state index is 9.71. The van der Waals surface area contributed by atoms with Gasteiger partial charge in [-0.05, 0) is 35.3 Å². The first-order valence-electron chi connectivity index (χ1n) is 6.49. The second kappa shape index (κ2) is 5.95. The topological polar surface area (TPSA) is 86.6 Å². The molecule has 6 heteroatoms. The van der Waals surface area contributed by atoms with Crippen LogP contribution in [0, 0.1) is 0 Å². The summed E-state index contributed by atoms with van der Waals surface area (Å²) in [6.07, 6.45) is 5.44. The Labute approximate surface area is 118 Å². The Morgan fingerprint density at radius 1 is 1.25 bits per heavy atom. The standard InChI is InChI=1S/C13H15NO.CH4O3S/c15-10-5-6-13-12(7-10)11-4-2-1-3-9(11)8-14-13;1-5(2,3)4/h1-4,8,10,13-15H,5-7H2;1H3,(H,2,3,4). The largest absolute Gasteiger partial charge is 0.393 e. The van der Waals surface area contributed by atoms with Crippen molar-refractivity contribution in [3.63, 3.8) is 0 Å². The molecule has 5 nitrogen and oxygen atoms in total. The average Bonchev–Trinajstić information content (AvgIpc) is 2.36. The first-order valence-corrected chi connectivity index (χ1v) is 8.34. The maximum Gasteiger partial charge on any atom is 0.261 e. The van der Waals surface area contributed by atoms with Crippen LogP contribution in [0.1, 0.15) is 19.3 Å². The van der Waals surface area contributed by atoms with Crippen molar-refractivity contribution in [3.05, 3.63) is 34.7 Å². The molecule has 2 aliphatic rings. The molecule has 110 valence electrons. The molecular formula is C14H19NO4S. The van der Waals surface area contributed by atoms with Crippen LogP contribution in [0.25, 0.3) is 11.8 Å². The van der Waals surface area contributed by atoms with E-state index in [0.717, 1.165) is 19.3 Å². The zero-order valence-electron chi connectivity index (χ0n) is 11.3. The van der Waals surface area contributed by atoms with Crippen molar-refractivity contribution in [2.75, 3.05) is 6.26 Å². The Bertz CT molecular complexity index is 688. The number of benzene rings is 1. The van der Waals surface area contributed by atoms with Crippen LogP contribution >= 0.6 is 0 Å². The van der Waals surface area contributed by atoms with E-state index in [1.54, 1.807) is 0 Å². The van der Waals surface area contributed by atoms with E-state index in [4.69, 9.17) is 4.55 Å². The number of aliphatic hydroxyl groups excluding tert-OH is 1. The first kappa shape index (κ1) is 15.0. The van der Waals surface area contributed by atoms with Crippen molar-refractivity contribution in [2.45, 2.75) is 31.4 Å². The van der Waals surface area contributed by atoms with Gasteiger partial charge in [0.2, 0.25) is 0 Å². The van der Waals surface area contributed by atoms with Crippen molar-refractivity contribution < 1.29 is 18.1 Å². The summed E-state index contributed by atoms with van der Waals surface area (Å²) in [7, 11) is -3.67. The Kier molecular flexibility index (Phi) is 4.47. The van der Waals surface area contributed by atoms with E-state index in [1.807, 2.05) is 0 Å². The van der Waals surface area contributed by atoms with Gasteiger partial charge in [0, 0.05) is 12.2 Å². The monoisotopic (exact) mass is 297 g/mol. The smallest absolute Gasteiger partial charge is 0.261 e. The number of hydrogen-bond acceptors (Lipinski definition) is 4. The summed E-state index contributed by atoms with van der Waals surface area (Å²) in [6, 6.07) is 8.85. The number of aliphatic hydroxyl groups is 1. The van der Waals surface area contributed by atoms with Crippen LogP contribution in [0.3, 0.4) is 0 Å². The molecule has 1 heterocycles. The maximum atomic E-state index is 9.71. The minimum atomic E-state index is -3.67. The third-order valence-electron chi connectivity index (χ3n) is 3.41. The van der Waals surface area contributed by atoms with Gasteiger partial charge in [-0.1, -0.05) is 24.3 Å². The predicted octanol–water partition coefficient (Wildman–Crippen LogP) is -0.404. The number of hydrogen-bond donors (Lipinski definition) is 3. The van der Waals surface area contributed by atoms with E-state index < -0.39 is 10.1 Å². The van der Waals surface area contributed by atoms with Gasteiger partial charge in [0.25, 0.3) is 10.1 Å². The molecule has 0 bridgehead atoms. The van der Waals surface area contributed by atoms with E-state index in [9.17, 15) is 13.5 Å². The summed E-state index contributed by atoms with van der Waals surface area (Å²) >= 11 is 0. The summed E-state index contributed by atoms with van der Waals surface area (Å²) < 4.78 is 25.9. The van der Waals surface area contributed by atoms with Crippen LogP contribution in [-0.2, 0) is 10.1 Å². The fourth-order valence-electron chi connectivity index (χ4n) is 2.62.